The molecule has 0 atom stereocenters. The standard InChI is InChI=1S/C19H28N2.Ru/c1-14(2)17-10-9-13-21(19(17)15(3)4)18-11-7-8-12-20(18)16(5)6;/h7-16H,1-6H3;/q+2;. The molecule has 22 heavy (non-hydrogen) atoms. The normalized spacial score (nSPS) is 11.1. The number of aromatic nitrogens is 2. The molecule has 2 heterocycles. The maximum absolute atomic E-state index is 2.36. The van der Waals surface area contributed by atoms with E-state index in [-0.39, 0.29) is 19.5 Å². The molecule has 0 aromatic carbocycles. The molecule has 0 saturated heterocycles. The molecule has 0 fully saturated rings. The van der Waals surface area contributed by atoms with Crippen LogP contribution in [0.15, 0.2) is 42.7 Å². The third-order valence-electron chi connectivity index (χ3n) is 3.91. The van der Waals surface area contributed by atoms with Crippen molar-refractivity contribution in [1.29, 1.82) is 0 Å². The number of hydrogen-bond donors (Lipinski definition) is 0. The summed E-state index contributed by atoms with van der Waals surface area (Å²) in [6.45, 7) is 13.6. The molecule has 0 amide bonds. The Morgan fingerprint density at radius 3 is 2.00 bits per heavy atom. The number of hydrogen-bond acceptors (Lipinski definition) is 0. The molecule has 2 rings (SSSR count). The zero-order valence-corrected chi connectivity index (χ0v) is 16.3. The van der Waals surface area contributed by atoms with E-state index in [4.69, 9.17) is 0 Å². The van der Waals surface area contributed by atoms with Crippen molar-refractivity contribution >= 4 is 0 Å². The molecule has 0 aliphatic carbocycles. The van der Waals surface area contributed by atoms with Crippen LogP contribution in [-0.4, -0.2) is 0 Å². The van der Waals surface area contributed by atoms with Gasteiger partial charge in [-0.1, -0.05) is 27.7 Å². The molecule has 0 saturated carbocycles. The average Bonchev–Trinajstić information content (AvgIpc) is 2.46. The number of rotatable bonds is 4. The zero-order chi connectivity index (χ0) is 15.6. The molecular weight excluding hydrogens is 357 g/mol. The van der Waals surface area contributed by atoms with Gasteiger partial charge < -0.3 is 0 Å². The van der Waals surface area contributed by atoms with Crippen LogP contribution in [0.25, 0.3) is 5.82 Å². The van der Waals surface area contributed by atoms with Gasteiger partial charge in [-0.05, 0) is 31.9 Å². The maximum atomic E-state index is 2.36. The second-order valence-electron chi connectivity index (χ2n) is 6.59. The molecule has 0 bridgehead atoms. The fourth-order valence-electron chi connectivity index (χ4n) is 2.92. The summed E-state index contributed by atoms with van der Waals surface area (Å²) in [5, 5.41) is 0. The zero-order valence-electron chi connectivity index (χ0n) is 14.5. The quantitative estimate of drug-likeness (QED) is 0.554. The van der Waals surface area contributed by atoms with Gasteiger partial charge in [-0.3, -0.25) is 0 Å². The molecular formula is C19H28N2Ru+2. The third-order valence-corrected chi connectivity index (χ3v) is 3.91. The first-order chi connectivity index (χ1) is 9.93. The van der Waals surface area contributed by atoms with Crippen LogP contribution in [0.3, 0.4) is 0 Å². The minimum atomic E-state index is 0. The van der Waals surface area contributed by atoms with E-state index in [0.717, 1.165) is 0 Å². The first kappa shape index (κ1) is 19.0. The minimum Gasteiger partial charge on any atom is -0.141 e. The van der Waals surface area contributed by atoms with E-state index in [1.54, 1.807) is 0 Å². The Morgan fingerprint density at radius 1 is 0.773 bits per heavy atom. The SMILES string of the molecule is CC(C)c1ccc[n+](-c2cccc[n+]2C(C)C)c1C(C)C.[Ru]. The van der Waals surface area contributed by atoms with Gasteiger partial charge >= 0.3 is 5.82 Å². The van der Waals surface area contributed by atoms with Crippen LogP contribution in [-0.2, 0) is 19.5 Å². The molecule has 0 spiro atoms. The fraction of sp³-hybridized carbons (Fsp3) is 0.474. The van der Waals surface area contributed by atoms with E-state index in [0.29, 0.717) is 17.9 Å². The second kappa shape index (κ2) is 7.97. The Hall–Kier alpha value is -1.08. The van der Waals surface area contributed by atoms with Gasteiger partial charge in [0.15, 0.2) is 24.1 Å². The molecule has 0 aliphatic rings. The van der Waals surface area contributed by atoms with Crippen molar-refractivity contribution in [2.45, 2.75) is 59.4 Å². The van der Waals surface area contributed by atoms with Crippen LogP contribution in [0.5, 0.6) is 0 Å². The second-order valence-corrected chi connectivity index (χ2v) is 6.59. The summed E-state index contributed by atoms with van der Waals surface area (Å²) in [7, 11) is 0. The molecule has 0 N–H and O–H groups in total. The summed E-state index contributed by atoms with van der Waals surface area (Å²) in [5.74, 6) is 2.26. The van der Waals surface area contributed by atoms with Crippen molar-refractivity contribution < 1.29 is 28.6 Å². The van der Waals surface area contributed by atoms with Crippen molar-refractivity contribution in [3.8, 4) is 5.82 Å². The Bertz CT molecular complexity index is 619. The molecule has 2 aromatic heterocycles. The van der Waals surface area contributed by atoms with E-state index in [9.17, 15) is 0 Å². The average molecular weight is 386 g/mol. The van der Waals surface area contributed by atoms with Crippen LogP contribution in [0.2, 0.25) is 0 Å². The molecule has 0 unspecified atom stereocenters. The molecule has 0 radical (unpaired) electrons. The summed E-state index contributed by atoms with van der Waals surface area (Å²) < 4.78 is 4.69. The van der Waals surface area contributed by atoms with Crippen LogP contribution in [0.1, 0.15) is 70.7 Å². The Morgan fingerprint density at radius 2 is 1.45 bits per heavy atom. The van der Waals surface area contributed by atoms with Crippen molar-refractivity contribution in [3.63, 3.8) is 0 Å². The van der Waals surface area contributed by atoms with E-state index in [1.165, 1.54) is 17.1 Å². The molecule has 0 aliphatic heterocycles. The van der Waals surface area contributed by atoms with Crippen molar-refractivity contribution in [2.75, 3.05) is 0 Å². The number of nitrogens with zero attached hydrogens (tertiary/aromatic N) is 2. The molecule has 2 aromatic rings. The predicted molar refractivity (Wildman–Crippen MR) is 86.7 cm³/mol. The first-order valence-corrected chi connectivity index (χ1v) is 7.98. The van der Waals surface area contributed by atoms with E-state index >= 15 is 0 Å². The van der Waals surface area contributed by atoms with Crippen LogP contribution >= 0.6 is 0 Å². The summed E-state index contributed by atoms with van der Waals surface area (Å²) in [4.78, 5) is 0. The van der Waals surface area contributed by atoms with E-state index in [2.05, 4.69) is 93.4 Å². The van der Waals surface area contributed by atoms with Gasteiger partial charge in [0.1, 0.15) is 0 Å². The van der Waals surface area contributed by atoms with Gasteiger partial charge in [0.05, 0.1) is 6.07 Å². The topological polar surface area (TPSA) is 7.76 Å². The van der Waals surface area contributed by atoms with Gasteiger partial charge in [0.25, 0.3) is 0 Å². The predicted octanol–water partition coefficient (Wildman–Crippen LogP) is 4.08. The molecule has 120 valence electrons. The summed E-state index contributed by atoms with van der Waals surface area (Å²) in [6.07, 6.45) is 4.36. The van der Waals surface area contributed by atoms with Crippen LogP contribution in [0, 0.1) is 0 Å². The van der Waals surface area contributed by atoms with Crippen molar-refractivity contribution in [3.05, 3.63) is 54.0 Å². The maximum Gasteiger partial charge on any atom is 0.449 e. The van der Waals surface area contributed by atoms with Crippen LogP contribution < -0.4 is 9.13 Å². The van der Waals surface area contributed by atoms with Gasteiger partial charge in [0.2, 0.25) is 0 Å². The Labute approximate surface area is 148 Å². The van der Waals surface area contributed by atoms with Gasteiger partial charge in [-0.15, -0.1) is 9.13 Å². The van der Waals surface area contributed by atoms with Crippen molar-refractivity contribution in [1.82, 2.24) is 0 Å². The summed E-state index contributed by atoms with van der Waals surface area (Å²) in [5.41, 5.74) is 2.85. The van der Waals surface area contributed by atoms with Gasteiger partial charge in [-0.2, -0.15) is 0 Å². The van der Waals surface area contributed by atoms with Gasteiger partial charge in [-0.25, -0.2) is 0 Å². The molecule has 3 heteroatoms. The smallest absolute Gasteiger partial charge is 0.141 e. The number of pyridine rings is 2. The largest absolute Gasteiger partial charge is 0.449 e. The first-order valence-electron chi connectivity index (χ1n) is 7.98. The Kier molecular flexibility index (Phi) is 6.87. The monoisotopic (exact) mass is 386 g/mol. The third kappa shape index (κ3) is 3.81. The summed E-state index contributed by atoms with van der Waals surface area (Å²) >= 11 is 0. The minimum absolute atomic E-state index is 0. The Balaban J connectivity index is 0.00000242. The van der Waals surface area contributed by atoms with E-state index < -0.39 is 0 Å². The summed E-state index contributed by atoms with van der Waals surface area (Å²) in [6, 6.07) is 11.3. The van der Waals surface area contributed by atoms with E-state index in [1.807, 2.05) is 0 Å². The van der Waals surface area contributed by atoms with Crippen LogP contribution in [0.4, 0.5) is 0 Å². The fourth-order valence-corrected chi connectivity index (χ4v) is 2.92. The van der Waals surface area contributed by atoms with Gasteiger partial charge in [0, 0.05) is 43.1 Å². The molecule has 2 nitrogen and oxygen atoms in total. The van der Waals surface area contributed by atoms with Crippen molar-refractivity contribution in [2.24, 2.45) is 0 Å².